The zero-order valence-electron chi connectivity index (χ0n) is 8.07. The summed E-state index contributed by atoms with van der Waals surface area (Å²) in [6, 6.07) is 0. The summed E-state index contributed by atoms with van der Waals surface area (Å²) in [6.45, 7) is 5.43. The zero-order chi connectivity index (χ0) is 10.3. The molecule has 0 saturated carbocycles. The van der Waals surface area contributed by atoms with E-state index in [1.807, 2.05) is 6.92 Å². The van der Waals surface area contributed by atoms with E-state index in [-0.39, 0.29) is 4.70 Å². The van der Waals surface area contributed by atoms with Crippen LogP contribution in [0.3, 0.4) is 0 Å². The summed E-state index contributed by atoms with van der Waals surface area (Å²) in [6.07, 6.45) is 0. The van der Waals surface area contributed by atoms with Crippen LogP contribution in [-0.4, -0.2) is 37.3 Å². The molecule has 3 N–H and O–H groups in total. The van der Waals surface area contributed by atoms with Crippen LogP contribution in [0.4, 0.5) is 0 Å². The number of rotatable bonds is 7. The lowest BCUT2D eigenvalue weighted by molar-refractivity contribution is -1.01. The molecule has 0 unspecified atom stereocenters. The van der Waals surface area contributed by atoms with Crippen molar-refractivity contribution in [3.05, 3.63) is 5.21 Å². The Bertz CT molecular complexity index is 152. The van der Waals surface area contributed by atoms with E-state index in [0.717, 1.165) is 0 Å². The molecule has 0 aromatic rings. The molecule has 0 saturated heterocycles. The number of hydrogen-bond donors (Lipinski definition) is 3. The summed E-state index contributed by atoms with van der Waals surface area (Å²) in [5.41, 5.74) is 7.37. The molecule has 0 amide bonds. The summed E-state index contributed by atoms with van der Waals surface area (Å²) in [7, 11) is 3.29. The van der Waals surface area contributed by atoms with Crippen LogP contribution in [0.5, 0.6) is 0 Å². The van der Waals surface area contributed by atoms with Crippen molar-refractivity contribution in [1.82, 2.24) is 21.8 Å². The second kappa shape index (κ2) is 5.80. The molecule has 0 aromatic heterocycles. The topological polar surface area (TPSA) is 84.0 Å². The van der Waals surface area contributed by atoms with Crippen molar-refractivity contribution in [3.63, 3.8) is 0 Å². The lowest BCUT2D eigenvalue weighted by Gasteiger charge is -2.35. The maximum Gasteiger partial charge on any atom is 0.109 e. The SMILES string of the molecule is C=NON[N+](C)(C)NN([O-])NCC. The van der Waals surface area contributed by atoms with Crippen molar-refractivity contribution in [2.75, 3.05) is 20.6 Å². The molecule has 0 radical (unpaired) electrons. The molecule has 8 nitrogen and oxygen atoms in total. The van der Waals surface area contributed by atoms with Gasteiger partial charge in [0.15, 0.2) is 0 Å². The Morgan fingerprint density at radius 2 is 2.23 bits per heavy atom. The molecule has 0 heterocycles. The van der Waals surface area contributed by atoms with Crippen molar-refractivity contribution in [2.45, 2.75) is 6.92 Å². The minimum Gasteiger partial charge on any atom is -0.754 e. The molecule has 0 aromatic carbocycles. The molecule has 0 atom stereocenters. The molecule has 78 valence electrons. The maximum atomic E-state index is 11.0. The molecular formula is C5H16N6O2. The first-order chi connectivity index (χ1) is 6.02. The van der Waals surface area contributed by atoms with Gasteiger partial charge in [0.05, 0.1) is 5.59 Å². The van der Waals surface area contributed by atoms with Crippen molar-refractivity contribution in [2.24, 2.45) is 5.16 Å². The maximum absolute atomic E-state index is 11.0. The van der Waals surface area contributed by atoms with E-state index in [4.69, 9.17) is 0 Å². The predicted molar refractivity (Wildman–Crippen MR) is 47.9 cm³/mol. The Labute approximate surface area is 77.1 Å². The number of nitrogens with one attached hydrogen (secondary N) is 3. The number of quaternary nitrogens is 1. The van der Waals surface area contributed by atoms with Gasteiger partial charge in [-0.3, -0.25) is 0 Å². The highest BCUT2D eigenvalue weighted by Crippen LogP contribution is 1.85. The van der Waals surface area contributed by atoms with E-state index in [2.05, 4.69) is 33.4 Å². The molecule has 0 rings (SSSR count). The van der Waals surface area contributed by atoms with Gasteiger partial charge in [-0.1, -0.05) is 17.6 Å². The molecule has 13 heavy (non-hydrogen) atoms. The van der Waals surface area contributed by atoms with Crippen LogP contribution in [0, 0.1) is 5.21 Å². The normalized spacial score (nSPS) is 11.8. The summed E-state index contributed by atoms with van der Waals surface area (Å²) in [4.78, 5) is 4.46. The van der Waals surface area contributed by atoms with Gasteiger partial charge in [0.2, 0.25) is 0 Å². The third-order valence-electron chi connectivity index (χ3n) is 0.976. The number of nitrogens with zero attached hydrogens (tertiary/aromatic N) is 3. The lowest BCUT2D eigenvalue weighted by Crippen LogP contribution is -2.66. The van der Waals surface area contributed by atoms with Gasteiger partial charge in [-0.2, -0.15) is 0 Å². The largest absolute Gasteiger partial charge is 0.754 e. The molecule has 0 aliphatic rings. The van der Waals surface area contributed by atoms with Crippen LogP contribution >= 0.6 is 0 Å². The molecular weight excluding hydrogens is 176 g/mol. The van der Waals surface area contributed by atoms with Crippen LogP contribution in [-0.2, 0) is 4.94 Å². The lowest BCUT2D eigenvalue weighted by atomic mass is 10.8. The Morgan fingerprint density at radius 1 is 1.62 bits per heavy atom. The standard InChI is InChI=1S/C5H16N6O2/c1-5-7-10(12)8-11(3,4)9-13-6-2/h7-9H,2,5H2,1,3-4H3. The van der Waals surface area contributed by atoms with E-state index in [1.165, 1.54) is 0 Å². The summed E-state index contributed by atoms with van der Waals surface area (Å²) < 4.78 is -0.102. The second-order valence-electron chi connectivity index (χ2n) is 2.67. The first-order valence-electron chi connectivity index (χ1n) is 3.74. The first kappa shape index (κ1) is 12.2. The van der Waals surface area contributed by atoms with Gasteiger partial charge < -0.3 is 5.21 Å². The van der Waals surface area contributed by atoms with Crippen molar-refractivity contribution >= 4 is 6.72 Å². The highest BCUT2D eigenvalue weighted by atomic mass is 16.8. The number of hydrazine groups is 2. The Balaban J connectivity index is 3.77. The Hall–Kier alpha value is -0.770. The first-order valence-corrected chi connectivity index (χ1v) is 3.74. The molecule has 0 spiro atoms. The average Bonchev–Trinajstić information content (AvgIpc) is 2.00. The van der Waals surface area contributed by atoms with Crippen LogP contribution in [0.15, 0.2) is 5.16 Å². The van der Waals surface area contributed by atoms with Crippen LogP contribution in [0.25, 0.3) is 0 Å². The molecule has 0 aliphatic carbocycles. The highest BCUT2D eigenvalue weighted by molar-refractivity contribution is 5.21. The van der Waals surface area contributed by atoms with Crippen molar-refractivity contribution in [1.29, 1.82) is 0 Å². The van der Waals surface area contributed by atoms with E-state index >= 15 is 0 Å². The highest BCUT2D eigenvalue weighted by Gasteiger charge is 2.15. The quantitative estimate of drug-likeness (QED) is 0.268. The molecule has 0 bridgehead atoms. The summed E-state index contributed by atoms with van der Waals surface area (Å²) >= 11 is 0. The van der Waals surface area contributed by atoms with Gasteiger partial charge in [-0.05, 0) is 0 Å². The predicted octanol–water partition coefficient (Wildman–Crippen LogP) is -1.14. The summed E-state index contributed by atoms with van der Waals surface area (Å²) in [5, 5.41) is 14.5. The minimum atomic E-state index is -0.102. The van der Waals surface area contributed by atoms with Gasteiger partial charge >= 0.3 is 0 Å². The number of oxime groups is 1. The minimum absolute atomic E-state index is 0.102. The van der Waals surface area contributed by atoms with Gasteiger partial charge in [-0.15, -0.1) is 4.70 Å². The van der Waals surface area contributed by atoms with Gasteiger partial charge in [0, 0.05) is 13.3 Å². The monoisotopic (exact) mass is 192 g/mol. The molecule has 8 heteroatoms. The van der Waals surface area contributed by atoms with Crippen LogP contribution in [0.2, 0.25) is 0 Å². The summed E-state index contributed by atoms with van der Waals surface area (Å²) in [5.74, 6) is 0. The Morgan fingerprint density at radius 3 is 2.69 bits per heavy atom. The third kappa shape index (κ3) is 6.40. The van der Waals surface area contributed by atoms with Crippen molar-refractivity contribution in [3.8, 4) is 0 Å². The molecule has 0 fully saturated rings. The third-order valence-corrected chi connectivity index (χ3v) is 0.976. The van der Waals surface area contributed by atoms with Gasteiger partial charge in [0.25, 0.3) is 0 Å². The van der Waals surface area contributed by atoms with Crippen LogP contribution in [0.1, 0.15) is 6.92 Å². The molecule has 0 aliphatic heterocycles. The number of hydrogen-bond acceptors (Lipinski definition) is 7. The van der Waals surface area contributed by atoms with E-state index in [1.54, 1.807) is 14.1 Å². The van der Waals surface area contributed by atoms with E-state index in [9.17, 15) is 5.21 Å². The second-order valence-corrected chi connectivity index (χ2v) is 2.67. The van der Waals surface area contributed by atoms with E-state index < -0.39 is 0 Å². The van der Waals surface area contributed by atoms with Gasteiger partial charge in [0.1, 0.15) is 14.1 Å². The smallest absolute Gasteiger partial charge is 0.109 e. The van der Waals surface area contributed by atoms with Gasteiger partial charge in [-0.25, -0.2) is 15.6 Å². The fourth-order valence-electron chi connectivity index (χ4n) is 0.557. The van der Waals surface area contributed by atoms with E-state index in [0.29, 0.717) is 11.8 Å². The zero-order valence-corrected chi connectivity index (χ0v) is 8.07. The average molecular weight is 192 g/mol. The van der Waals surface area contributed by atoms with Crippen LogP contribution < -0.4 is 16.5 Å². The van der Waals surface area contributed by atoms with Crippen molar-refractivity contribution < 1.29 is 9.64 Å². The fourth-order valence-corrected chi connectivity index (χ4v) is 0.557. The fraction of sp³-hybridized carbons (Fsp3) is 0.800. The Kier molecular flexibility index (Phi) is 5.46.